The number of furan rings is 1. The topological polar surface area (TPSA) is 84.7 Å². The van der Waals surface area contributed by atoms with Crippen molar-refractivity contribution < 1.29 is 27.5 Å². The van der Waals surface area contributed by atoms with E-state index < -0.39 is 23.4 Å². The number of carbonyl (C=O) groups is 2. The van der Waals surface area contributed by atoms with E-state index in [4.69, 9.17) is 9.15 Å². The van der Waals surface area contributed by atoms with Gasteiger partial charge in [-0.1, -0.05) is 6.07 Å². The largest absolute Gasteiger partial charge is 0.469 e. The highest BCUT2D eigenvalue weighted by Gasteiger charge is 2.23. The maximum Gasteiger partial charge on any atom is 0.259 e. The molecule has 0 unspecified atom stereocenters. The van der Waals surface area contributed by atoms with Crippen LogP contribution in [-0.2, 0) is 11.3 Å². The van der Waals surface area contributed by atoms with Crippen molar-refractivity contribution in [3.05, 3.63) is 83.1 Å². The molecule has 0 aliphatic heterocycles. The van der Waals surface area contributed by atoms with Crippen molar-refractivity contribution in [2.75, 3.05) is 25.6 Å². The molecular weight excluding hydrogens is 408 g/mol. The van der Waals surface area contributed by atoms with E-state index in [2.05, 4.69) is 10.3 Å². The third kappa shape index (κ3) is 5.32. The number of aryl methyl sites for hydroxylation is 1. The summed E-state index contributed by atoms with van der Waals surface area (Å²) in [4.78, 5) is 31.0. The van der Waals surface area contributed by atoms with E-state index in [0.717, 1.165) is 6.07 Å². The second-order valence-electron chi connectivity index (χ2n) is 6.70. The Morgan fingerprint density at radius 3 is 2.61 bits per heavy atom. The van der Waals surface area contributed by atoms with Gasteiger partial charge >= 0.3 is 0 Å². The number of benzene rings is 1. The Balaban J connectivity index is 1.88. The molecule has 0 saturated heterocycles. The van der Waals surface area contributed by atoms with Gasteiger partial charge in [-0.15, -0.1) is 0 Å². The minimum atomic E-state index is -1.04. The Kier molecular flexibility index (Phi) is 7.09. The van der Waals surface area contributed by atoms with Crippen LogP contribution < -0.4 is 5.32 Å². The maximum atomic E-state index is 14.5. The van der Waals surface area contributed by atoms with Crippen LogP contribution in [0.5, 0.6) is 0 Å². The summed E-state index contributed by atoms with van der Waals surface area (Å²) in [5, 5.41) is 2.36. The van der Waals surface area contributed by atoms with Gasteiger partial charge in [0.15, 0.2) is 0 Å². The van der Waals surface area contributed by atoms with Gasteiger partial charge < -0.3 is 19.4 Å². The molecule has 0 radical (unpaired) electrons. The number of nitrogens with zero attached hydrogens (tertiary/aromatic N) is 2. The van der Waals surface area contributed by atoms with Gasteiger partial charge in [-0.05, 0) is 31.2 Å². The maximum absolute atomic E-state index is 14.5. The molecule has 7 nitrogen and oxygen atoms in total. The third-order valence-corrected chi connectivity index (χ3v) is 4.57. The zero-order valence-electron chi connectivity index (χ0n) is 17.0. The summed E-state index contributed by atoms with van der Waals surface area (Å²) >= 11 is 0. The molecule has 0 aliphatic carbocycles. The molecule has 9 heteroatoms. The average molecular weight is 429 g/mol. The van der Waals surface area contributed by atoms with Crippen LogP contribution in [0, 0.1) is 18.6 Å². The highest BCUT2D eigenvalue weighted by molar-refractivity contribution is 6.05. The van der Waals surface area contributed by atoms with Gasteiger partial charge in [0.25, 0.3) is 11.8 Å². The highest BCUT2D eigenvalue weighted by atomic mass is 19.1. The fraction of sp³-hybridized carbons (Fsp3) is 0.227. The second-order valence-corrected chi connectivity index (χ2v) is 6.70. The Labute approximate surface area is 177 Å². The van der Waals surface area contributed by atoms with Crippen LogP contribution in [0.2, 0.25) is 0 Å². The highest BCUT2D eigenvalue weighted by Crippen LogP contribution is 2.23. The summed E-state index contributed by atoms with van der Waals surface area (Å²) in [5.74, 6) is -3.02. The Morgan fingerprint density at radius 2 is 1.97 bits per heavy atom. The summed E-state index contributed by atoms with van der Waals surface area (Å²) in [6.07, 6.45) is 2.91. The van der Waals surface area contributed by atoms with Crippen molar-refractivity contribution in [2.45, 2.75) is 13.5 Å². The molecule has 0 bridgehead atoms. The summed E-state index contributed by atoms with van der Waals surface area (Å²) < 4.78 is 38.9. The smallest absolute Gasteiger partial charge is 0.259 e. The van der Waals surface area contributed by atoms with E-state index >= 15 is 0 Å². The molecule has 1 N–H and O–H groups in total. The molecule has 31 heavy (non-hydrogen) atoms. The number of amides is 2. The predicted octanol–water partition coefficient (Wildman–Crippen LogP) is 3.80. The van der Waals surface area contributed by atoms with Gasteiger partial charge in [-0.25, -0.2) is 8.78 Å². The van der Waals surface area contributed by atoms with Crippen LogP contribution >= 0.6 is 0 Å². The van der Waals surface area contributed by atoms with Gasteiger partial charge in [0, 0.05) is 25.9 Å². The zero-order valence-corrected chi connectivity index (χ0v) is 17.0. The summed E-state index contributed by atoms with van der Waals surface area (Å²) in [6, 6.07) is 8.22. The first-order valence-electron chi connectivity index (χ1n) is 9.43. The molecule has 3 rings (SSSR count). The second kappa shape index (κ2) is 9.94. The van der Waals surface area contributed by atoms with E-state index in [0.29, 0.717) is 17.5 Å². The lowest BCUT2D eigenvalue weighted by Crippen LogP contribution is -2.34. The number of hydrogen-bond donors (Lipinski definition) is 1. The molecule has 0 spiro atoms. The van der Waals surface area contributed by atoms with Crippen LogP contribution in [0.4, 0.5) is 14.5 Å². The van der Waals surface area contributed by atoms with Crippen LogP contribution in [0.3, 0.4) is 0 Å². The van der Waals surface area contributed by atoms with E-state index in [1.54, 1.807) is 31.3 Å². The Hall–Kier alpha value is -3.59. The number of nitrogens with one attached hydrogen (secondary N) is 1. The molecule has 0 saturated carbocycles. The number of aromatic nitrogens is 1. The first kappa shape index (κ1) is 22.1. The summed E-state index contributed by atoms with van der Waals surface area (Å²) in [6.45, 7) is 2.06. The number of halogens is 2. The van der Waals surface area contributed by atoms with Crippen LogP contribution in [0.1, 0.15) is 32.2 Å². The Bertz CT molecular complexity index is 1070. The average Bonchev–Trinajstić information content (AvgIpc) is 3.19. The lowest BCUT2D eigenvalue weighted by Gasteiger charge is -2.23. The van der Waals surface area contributed by atoms with E-state index in [9.17, 15) is 18.4 Å². The number of ether oxygens (including phenoxy) is 1. The minimum Gasteiger partial charge on any atom is -0.469 e. The monoisotopic (exact) mass is 429 g/mol. The van der Waals surface area contributed by atoms with Gasteiger partial charge in [-0.2, -0.15) is 0 Å². The van der Waals surface area contributed by atoms with Gasteiger partial charge in [0.05, 0.1) is 41.9 Å². The number of anilines is 1. The van der Waals surface area contributed by atoms with Crippen LogP contribution in [0.25, 0.3) is 0 Å². The summed E-state index contributed by atoms with van der Waals surface area (Å²) in [7, 11) is 1.48. The van der Waals surface area contributed by atoms with Crippen molar-refractivity contribution in [2.24, 2.45) is 0 Å². The normalized spacial score (nSPS) is 10.7. The molecular formula is C22H21F2N3O4. The number of pyridine rings is 1. The molecule has 0 fully saturated rings. The molecule has 2 aromatic heterocycles. The van der Waals surface area contributed by atoms with E-state index in [1.807, 2.05) is 0 Å². The minimum absolute atomic E-state index is 0.107. The predicted molar refractivity (Wildman–Crippen MR) is 109 cm³/mol. The van der Waals surface area contributed by atoms with Gasteiger partial charge in [0.2, 0.25) is 0 Å². The summed E-state index contributed by atoms with van der Waals surface area (Å²) in [5.41, 5.74) is 0.0967. The molecule has 3 aromatic rings. The van der Waals surface area contributed by atoms with Crippen molar-refractivity contribution in [1.82, 2.24) is 9.88 Å². The molecule has 0 aliphatic rings. The molecule has 1 aromatic carbocycles. The van der Waals surface area contributed by atoms with Gasteiger partial charge in [0.1, 0.15) is 17.4 Å². The third-order valence-electron chi connectivity index (χ3n) is 4.57. The number of methoxy groups -OCH3 is 1. The van der Waals surface area contributed by atoms with Crippen LogP contribution in [0.15, 0.2) is 53.3 Å². The van der Waals surface area contributed by atoms with Gasteiger partial charge in [-0.3, -0.25) is 14.6 Å². The number of hydrogen-bond acceptors (Lipinski definition) is 5. The lowest BCUT2D eigenvalue weighted by atomic mass is 10.1. The Morgan fingerprint density at radius 1 is 1.16 bits per heavy atom. The number of rotatable bonds is 8. The van der Waals surface area contributed by atoms with Crippen molar-refractivity contribution >= 4 is 17.5 Å². The van der Waals surface area contributed by atoms with E-state index in [-0.39, 0.29) is 36.5 Å². The van der Waals surface area contributed by atoms with Crippen molar-refractivity contribution in [1.29, 1.82) is 0 Å². The van der Waals surface area contributed by atoms with Crippen molar-refractivity contribution in [3.8, 4) is 0 Å². The number of carbonyl (C=O) groups excluding carboxylic acids is 2. The SMILES string of the molecule is COCCN(Cc1ccccn1)C(=O)c1cc(NC(=O)c2ccoc2C)c(F)cc1F. The molecule has 2 heterocycles. The van der Waals surface area contributed by atoms with E-state index in [1.165, 1.54) is 24.3 Å². The quantitative estimate of drug-likeness (QED) is 0.589. The molecule has 162 valence electrons. The lowest BCUT2D eigenvalue weighted by molar-refractivity contribution is 0.0673. The molecule has 0 atom stereocenters. The standard InChI is InChI=1S/C22H21F2N3O4/c1-14-16(6-9-31-14)21(28)26-20-11-17(18(23)12-19(20)24)22(29)27(8-10-30-2)13-15-5-3-4-7-25-15/h3-7,9,11-12H,8,10,13H2,1-2H3,(H,26,28). The molecule has 2 amide bonds. The fourth-order valence-corrected chi connectivity index (χ4v) is 2.93. The first-order chi connectivity index (χ1) is 14.9. The van der Waals surface area contributed by atoms with Crippen molar-refractivity contribution in [3.63, 3.8) is 0 Å². The first-order valence-corrected chi connectivity index (χ1v) is 9.43. The fourth-order valence-electron chi connectivity index (χ4n) is 2.93. The van der Waals surface area contributed by atoms with Crippen LogP contribution in [-0.4, -0.2) is 42.0 Å². The zero-order chi connectivity index (χ0) is 22.4.